The first kappa shape index (κ1) is 17.0. The summed E-state index contributed by atoms with van der Waals surface area (Å²) in [4.78, 5) is 35.4. The summed E-state index contributed by atoms with van der Waals surface area (Å²) >= 11 is 0. The lowest BCUT2D eigenvalue weighted by atomic mass is 9.84. The van der Waals surface area contributed by atoms with Crippen molar-refractivity contribution in [3.8, 4) is 0 Å². The number of carbonyl (C=O) groups is 3. The van der Waals surface area contributed by atoms with Gasteiger partial charge in [0.05, 0.1) is 25.7 Å². The molecule has 0 radical (unpaired) electrons. The first-order valence-electron chi connectivity index (χ1n) is 7.44. The number of nitrogens with one attached hydrogen (secondary N) is 4. The first-order chi connectivity index (χ1) is 11.0. The van der Waals surface area contributed by atoms with E-state index in [4.69, 9.17) is 0 Å². The Balaban J connectivity index is 1.98. The number of amides is 2. The van der Waals surface area contributed by atoms with Crippen molar-refractivity contribution in [3.63, 3.8) is 0 Å². The zero-order valence-corrected chi connectivity index (χ0v) is 13.1. The van der Waals surface area contributed by atoms with Crippen LogP contribution < -0.4 is 21.3 Å². The Labute approximate surface area is 133 Å². The van der Waals surface area contributed by atoms with Crippen molar-refractivity contribution in [1.29, 1.82) is 0 Å². The Morgan fingerprint density at radius 2 is 1.83 bits per heavy atom. The number of esters is 1. The zero-order chi connectivity index (χ0) is 17.0. The number of ether oxygens (including phenoxy) is 1. The van der Waals surface area contributed by atoms with Crippen molar-refractivity contribution in [2.45, 2.75) is 31.5 Å². The van der Waals surface area contributed by atoms with E-state index in [0.29, 0.717) is 12.8 Å². The first-order valence-corrected chi connectivity index (χ1v) is 7.44. The van der Waals surface area contributed by atoms with Crippen LogP contribution in [0.1, 0.15) is 19.3 Å². The third kappa shape index (κ3) is 3.72. The van der Waals surface area contributed by atoms with E-state index >= 15 is 0 Å². The molecule has 2 amide bonds. The van der Waals surface area contributed by atoms with E-state index in [1.807, 2.05) is 0 Å². The molecule has 9 heteroatoms. The highest BCUT2D eigenvalue weighted by molar-refractivity contribution is 6.04. The molecule has 1 fully saturated rings. The summed E-state index contributed by atoms with van der Waals surface area (Å²) in [6, 6.07) is -0.691. The van der Waals surface area contributed by atoms with E-state index in [2.05, 4.69) is 26.0 Å². The molecule has 2 rings (SSSR count). The van der Waals surface area contributed by atoms with Gasteiger partial charge in [-0.3, -0.25) is 14.4 Å². The van der Waals surface area contributed by atoms with Gasteiger partial charge in [0.15, 0.2) is 0 Å². The van der Waals surface area contributed by atoms with E-state index in [0.717, 1.165) is 0 Å². The van der Waals surface area contributed by atoms with Crippen molar-refractivity contribution < 1.29 is 23.5 Å². The van der Waals surface area contributed by atoms with Crippen LogP contribution in [0.2, 0.25) is 0 Å². The Morgan fingerprint density at radius 3 is 2.39 bits per heavy atom. The molecule has 23 heavy (non-hydrogen) atoms. The maximum absolute atomic E-state index is 14.2. The minimum absolute atomic E-state index is 0.0185. The van der Waals surface area contributed by atoms with Crippen LogP contribution in [-0.4, -0.2) is 50.8 Å². The molecule has 1 saturated carbocycles. The van der Waals surface area contributed by atoms with Gasteiger partial charge in [-0.05, 0) is 19.3 Å². The second-order valence-electron chi connectivity index (χ2n) is 5.49. The van der Waals surface area contributed by atoms with E-state index in [1.165, 1.54) is 14.2 Å². The number of hydrogen-bond acceptors (Lipinski definition) is 6. The molecule has 3 atom stereocenters. The summed E-state index contributed by atoms with van der Waals surface area (Å²) in [6.45, 7) is 0.250. The number of halogens is 1. The van der Waals surface area contributed by atoms with Crippen LogP contribution in [0.25, 0.3) is 0 Å². The molecule has 0 aromatic heterocycles. The number of methoxy groups -OCH3 is 1. The Bertz CT molecular complexity index is 537. The quantitative estimate of drug-likeness (QED) is 0.488. The molecule has 0 aromatic rings. The highest BCUT2D eigenvalue weighted by Gasteiger charge is 2.36. The summed E-state index contributed by atoms with van der Waals surface area (Å²) in [6.07, 6.45) is -0.534. The zero-order valence-electron chi connectivity index (χ0n) is 13.1. The standard InChI is InChI=1S/C14H21FN4O4/c1-16-12(20)10-11(18-6-17-10)13(21)19-9-4-3-7(5-8(9)15)14(22)23-2/h7-9,17-18H,3-6H2,1-2H3,(H,16,20)(H,19,21)/t7-,8+,9-/m1/s1. The Hall–Kier alpha value is -2.32. The van der Waals surface area contributed by atoms with E-state index < -0.39 is 35.9 Å². The van der Waals surface area contributed by atoms with Gasteiger partial charge in [-0.2, -0.15) is 0 Å². The fraction of sp³-hybridized carbons (Fsp3) is 0.643. The Kier molecular flexibility index (Phi) is 5.41. The number of likely N-dealkylation sites (N-methyl/N-ethyl adjacent to an activating group) is 1. The number of rotatable bonds is 4. The smallest absolute Gasteiger partial charge is 0.308 e. The summed E-state index contributed by atoms with van der Waals surface area (Å²) in [5, 5.41) is 10.5. The second kappa shape index (κ2) is 7.30. The van der Waals surface area contributed by atoms with Gasteiger partial charge in [-0.1, -0.05) is 0 Å². The van der Waals surface area contributed by atoms with Crippen molar-refractivity contribution in [2.24, 2.45) is 5.92 Å². The van der Waals surface area contributed by atoms with Crippen molar-refractivity contribution in [2.75, 3.05) is 20.8 Å². The van der Waals surface area contributed by atoms with Crippen LogP contribution >= 0.6 is 0 Å². The lowest BCUT2D eigenvalue weighted by molar-refractivity contribution is -0.147. The predicted molar refractivity (Wildman–Crippen MR) is 78.4 cm³/mol. The van der Waals surface area contributed by atoms with Crippen LogP contribution in [0.3, 0.4) is 0 Å². The largest absolute Gasteiger partial charge is 0.469 e. The molecule has 0 bridgehead atoms. The number of carbonyl (C=O) groups excluding carboxylic acids is 3. The summed E-state index contributed by atoms with van der Waals surface area (Å²) in [5.41, 5.74) is 0.218. The van der Waals surface area contributed by atoms with E-state index in [-0.39, 0.29) is 24.5 Å². The number of hydrogen-bond donors (Lipinski definition) is 4. The average molecular weight is 328 g/mol. The number of alkyl halides is 1. The van der Waals surface area contributed by atoms with Gasteiger partial charge in [0.25, 0.3) is 11.8 Å². The molecule has 1 aliphatic heterocycles. The molecule has 0 unspecified atom stereocenters. The van der Waals surface area contributed by atoms with Crippen LogP contribution in [0, 0.1) is 5.92 Å². The van der Waals surface area contributed by atoms with Crippen LogP contribution in [0.5, 0.6) is 0 Å². The van der Waals surface area contributed by atoms with Gasteiger partial charge in [-0.15, -0.1) is 0 Å². The monoisotopic (exact) mass is 328 g/mol. The molecule has 0 aromatic carbocycles. The van der Waals surface area contributed by atoms with Gasteiger partial charge in [0.1, 0.15) is 17.6 Å². The van der Waals surface area contributed by atoms with E-state index in [1.54, 1.807) is 0 Å². The van der Waals surface area contributed by atoms with Crippen molar-refractivity contribution in [1.82, 2.24) is 21.3 Å². The lowest BCUT2D eigenvalue weighted by Gasteiger charge is -2.31. The minimum Gasteiger partial charge on any atom is -0.469 e. The molecule has 1 heterocycles. The second-order valence-corrected chi connectivity index (χ2v) is 5.49. The van der Waals surface area contributed by atoms with Gasteiger partial charge in [0.2, 0.25) is 0 Å². The fourth-order valence-corrected chi connectivity index (χ4v) is 2.81. The highest BCUT2D eigenvalue weighted by Crippen LogP contribution is 2.28. The van der Waals surface area contributed by atoms with Gasteiger partial charge in [-0.25, -0.2) is 4.39 Å². The maximum atomic E-state index is 14.2. The summed E-state index contributed by atoms with van der Waals surface area (Å²) in [5.74, 6) is -1.87. The fourth-order valence-electron chi connectivity index (χ4n) is 2.81. The third-order valence-corrected chi connectivity index (χ3v) is 4.08. The van der Waals surface area contributed by atoms with Crippen LogP contribution in [-0.2, 0) is 19.1 Å². The van der Waals surface area contributed by atoms with Crippen molar-refractivity contribution >= 4 is 17.8 Å². The maximum Gasteiger partial charge on any atom is 0.308 e. The normalized spacial score (nSPS) is 26.8. The SMILES string of the molecule is CNC(=O)C1=C(C(=O)N[C@@H]2CC[C@@H](C(=O)OC)C[C@@H]2F)NCN1. The molecule has 8 nitrogen and oxygen atoms in total. The van der Waals surface area contributed by atoms with Crippen LogP contribution in [0.4, 0.5) is 4.39 Å². The summed E-state index contributed by atoms with van der Waals surface area (Å²) < 4.78 is 18.8. The third-order valence-electron chi connectivity index (χ3n) is 4.08. The highest BCUT2D eigenvalue weighted by atomic mass is 19.1. The topological polar surface area (TPSA) is 109 Å². The molecule has 2 aliphatic rings. The molecule has 1 aliphatic carbocycles. The predicted octanol–water partition coefficient (Wildman–Crippen LogP) is -1.11. The average Bonchev–Trinajstić information content (AvgIpc) is 3.04. The minimum atomic E-state index is -1.34. The van der Waals surface area contributed by atoms with Gasteiger partial charge < -0.3 is 26.0 Å². The van der Waals surface area contributed by atoms with Crippen LogP contribution in [0.15, 0.2) is 11.4 Å². The molecular weight excluding hydrogens is 307 g/mol. The summed E-state index contributed by atoms with van der Waals surface area (Å²) in [7, 11) is 2.73. The van der Waals surface area contributed by atoms with E-state index in [9.17, 15) is 18.8 Å². The molecule has 0 saturated heterocycles. The molecule has 128 valence electrons. The molecular formula is C14H21FN4O4. The molecule has 4 N–H and O–H groups in total. The van der Waals surface area contributed by atoms with Gasteiger partial charge in [0, 0.05) is 7.05 Å². The Morgan fingerprint density at radius 1 is 1.17 bits per heavy atom. The lowest BCUT2D eigenvalue weighted by Crippen LogP contribution is -2.47. The molecule has 0 spiro atoms. The van der Waals surface area contributed by atoms with Crippen molar-refractivity contribution in [3.05, 3.63) is 11.4 Å². The van der Waals surface area contributed by atoms with Gasteiger partial charge >= 0.3 is 5.97 Å².